The maximum absolute atomic E-state index is 13.1. The van der Waals surface area contributed by atoms with Gasteiger partial charge in [-0.3, -0.25) is 9.78 Å². The van der Waals surface area contributed by atoms with Gasteiger partial charge in [-0.2, -0.15) is 0 Å². The summed E-state index contributed by atoms with van der Waals surface area (Å²) in [4.78, 5) is 20.6. The van der Waals surface area contributed by atoms with Crippen LogP contribution in [0.2, 0.25) is 0 Å². The van der Waals surface area contributed by atoms with E-state index in [2.05, 4.69) is 30.3 Å². The summed E-state index contributed by atoms with van der Waals surface area (Å²) in [5, 5.41) is 11.1. The highest BCUT2D eigenvalue weighted by Crippen LogP contribution is 2.19. The molecule has 0 bridgehead atoms. The molecule has 4 rings (SSSR count). The van der Waals surface area contributed by atoms with Crippen molar-refractivity contribution in [3.63, 3.8) is 0 Å². The number of piperazine rings is 1. The minimum absolute atomic E-state index is 0.229. The van der Waals surface area contributed by atoms with Gasteiger partial charge in [0.2, 0.25) is 0 Å². The molecule has 1 aliphatic rings. The van der Waals surface area contributed by atoms with E-state index in [-0.39, 0.29) is 17.4 Å². The number of aromatic nitrogens is 3. The monoisotopic (exact) mass is 392 g/mol. The highest BCUT2D eigenvalue weighted by atomic mass is 19.1. The quantitative estimate of drug-likeness (QED) is 0.718. The molecular formula is C21H21FN6O. The molecule has 3 heterocycles. The van der Waals surface area contributed by atoms with E-state index >= 15 is 0 Å². The Bertz CT molecular complexity index is 941. The Morgan fingerprint density at radius 2 is 1.72 bits per heavy atom. The Morgan fingerprint density at radius 3 is 2.38 bits per heavy atom. The lowest BCUT2D eigenvalue weighted by Crippen LogP contribution is -2.47. The summed E-state index contributed by atoms with van der Waals surface area (Å²) < 4.78 is 13.1. The van der Waals surface area contributed by atoms with Gasteiger partial charge in [-0.25, -0.2) is 4.39 Å². The van der Waals surface area contributed by atoms with Gasteiger partial charge >= 0.3 is 0 Å². The second kappa shape index (κ2) is 8.64. The third-order valence-electron chi connectivity index (χ3n) is 4.85. The number of rotatable bonds is 5. The number of nitrogens with one attached hydrogen (secondary N) is 1. The van der Waals surface area contributed by atoms with Gasteiger partial charge in [-0.15, -0.1) is 10.2 Å². The lowest BCUT2D eigenvalue weighted by atomic mass is 10.2. The summed E-state index contributed by atoms with van der Waals surface area (Å²) in [7, 11) is 0. The number of nitrogens with zero attached hydrogens (tertiary/aromatic N) is 5. The maximum Gasteiger partial charge on any atom is 0.272 e. The fourth-order valence-electron chi connectivity index (χ4n) is 3.24. The first-order chi connectivity index (χ1) is 14.2. The molecule has 1 aliphatic heterocycles. The van der Waals surface area contributed by atoms with Crippen LogP contribution in [0.3, 0.4) is 0 Å². The van der Waals surface area contributed by atoms with Gasteiger partial charge < -0.3 is 15.1 Å². The van der Waals surface area contributed by atoms with E-state index in [1.54, 1.807) is 30.6 Å². The molecular weight excluding hydrogens is 371 g/mol. The van der Waals surface area contributed by atoms with Crippen LogP contribution in [-0.2, 0) is 6.54 Å². The molecule has 1 N–H and O–H groups in total. The van der Waals surface area contributed by atoms with Gasteiger partial charge in [-0.1, -0.05) is 6.07 Å². The normalized spacial score (nSPS) is 14.0. The lowest BCUT2D eigenvalue weighted by Gasteiger charge is -2.36. The van der Waals surface area contributed by atoms with Crippen LogP contribution in [0, 0.1) is 5.82 Å². The molecule has 0 atom stereocenters. The molecule has 0 saturated carbocycles. The van der Waals surface area contributed by atoms with Crippen LogP contribution in [0.5, 0.6) is 0 Å². The van der Waals surface area contributed by atoms with Gasteiger partial charge in [0.1, 0.15) is 5.82 Å². The Balaban J connectivity index is 1.31. The van der Waals surface area contributed by atoms with E-state index in [1.165, 1.54) is 12.1 Å². The van der Waals surface area contributed by atoms with Crippen molar-refractivity contribution in [2.24, 2.45) is 0 Å². The van der Waals surface area contributed by atoms with E-state index < -0.39 is 0 Å². The molecule has 1 saturated heterocycles. The summed E-state index contributed by atoms with van der Waals surface area (Å²) >= 11 is 0. The molecule has 0 unspecified atom stereocenters. The fraction of sp³-hybridized carbons (Fsp3) is 0.238. The predicted molar refractivity (Wildman–Crippen MR) is 108 cm³/mol. The number of amides is 1. The van der Waals surface area contributed by atoms with Crippen molar-refractivity contribution in [3.05, 3.63) is 78.0 Å². The van der Waals surface area contributed by atoms with Crippen LogP contribution >= 0.6 is 0 Å². The molecule has 0 spiro atoms. The van der Waals surface area contributed by atoms with Crippen molar-refractivity contribution in [3.8, 4) is 0 Å². The highest BCUT2D eigenvalue weighted by Gasteiger charge is 2.19. The van der Waals surface area contributed by atoms with Crippen molar-refractivity contribution in [1.29, 1.82) is 0 Å². The molecule has 29 heavy (non-hydrogen) atoms. The summed E-state index contributed by atoms with van der Waals surface area (Å²) in [6, 6.07) is 13.8. The third-order valence-corrected chi connectivity index (χ3v) is 4.85. The zero-order valence-corrected chi connectivity index (χ0v) is 15.8. The number of hydrogen-bond donors (Lipinski definition) is 1. The molecule has 148 valence electrons. The number of carbonyl (C=O) groups excluding carboxylic acids is 1. The highest BCUT2D eigenvalue weighted by molar-refractivity contribution is 5.92. The largest absolute Gasteiger partial charge is 0.368 e. The molecule has 0 radical (unpaired) electrons. The molecule has 8 heteroatoms. The second-order valence-electron chi connectivity index (χ2n) is 6.77. The first-order valence-electron chi connectivity index (χ1n) is 9.45. The number of pyridine rings is 1. The third kappa shape index (κ3) is 4.66. The number of hydrogen-bond acceptors (Lipinski definition) is 6. The van der Waals surface area contributed by atoms with Gasteiger partial charge in [0, 0.05) is 50.8 Å². The van der Waals surface area contributed by atoms with Crippen LogP contribution in [-0.4, -0.2) is 47.3 Å². The number of anilines is 2. The minimum atomic E-state index is -0.269. The van der Waals surface area contributed by atoms with E-state index in [0.717, 1.165) is 43.2 Å². The average molecular weight is 392 g/mol. The van der Waals surface area contributed by atoms with Gasteiger partial charge in [0.15, 0.2) is 11.5 Å². The molecule has 3 aromatic rings. The Kier molecular flexibility index (Phi) is 5.60. The molecule has 1 amide bonds. The van der Waals surface area contributed by atoms with E-state index in [9.17, 15) is 9.18 Å². The Hall–Kier alpha value is -3.55. The number of carbonyl (C=O) groups is 1. The van der Waals surface area contributed by atoms with Crippen LogP contribution in [0.15, 0.2) is 60.9 Å². The van der Waals surface area contributed by atoms with Crippen LogP contribution in [0.1, 0.15) is 16.1 Å². The second-order valence-corrected chi connectivity index (χ2v) is 6.77. The van der Waals surface area contributed by atoms with Gasteiger partial charge in [0.25, 0.3) is 5.91 Å². The van der Waals surface area contributed by atoms with Crippen molar-refractivity contribution >= 4 is 17.4 Å². The van der Waals surface area contributed by atoms with Crippen molar-refractivity contribution < 1.29 is 9.18 Å². The fourth-order valence-corrected chi connectivity index (χ4v) is 3.24. The van der Waals surface area contributed by atoms with Crippen LogP contribution in [0.25, 0.3) is 0 Å². The van der Waals surface area contributed by atoms with Gasteiger partial charge in [-0.05, 0) is 48.0 Å². The minimum Gasteiger partial charge on any atom is -0.368 e. The van der Waals surface area contributed by atoms with Crippen molar-refractivity contribution in [2.75, 3.05) is 36.0 Å². The number of halogens is 1. The molecule has 0 aliphatic carbocycles. The van der Waals surface area contributed by atoms with Crippen molar-refractivity contribution in [1.82, 2.24) is 20.5 Å². The zero-order chi connectivity index (χ0) is 20.1. The average Bonchev–Trinajstić information content (AvgIpc) is 2.79. The van der Waals surface area contributed by atoms with Crippen molar-refractivity contribution in [2.45, 2.75) is 6.54 Å². The van der Waals surface area contributed by atoms with Crippen LogP contribution < -0.4 is 15.1 Å². The summed E-state index contributed by atoms with van der Waals surface area (Å²) in [5.74, 6) is 0.244. The summed E-state index contributed by atoms with van der Waals surface area (Å²) in [5.41, 5.74) is 2.21. The molecule has 1 fully saturated rings. The predicted octanol–water partition coefficient (Wildman–Crippen LogP) is 2.27. The van der Waals surface area contributed by atoms with E-state index in [4.69, 9.17) is 0 Å². The Labute approximate surface area is 168 Å². The molecule has 1 aromatic carbocycles. The smallest absolute Gasteiger partial charge is 0.272 e. The van der Waals surface area contributed by atoms with E-state index in [1.807, 2.05) is 18.2 Å². The maximum atomic E-state index is 13.1. The lowest BCUT2D eigenvalue weighted by molar-refractivity contribution is 0.0945. The summed E-state index contributed by atoms with van der Waals surface area (Å²) in [6.45, 7) is 3.56. The van der Waals surface area contributed by atoms with E-state index in [0.29, 0.717) is 6.54 Å². The Morgan fingerprint density at radius 1 is 0.966 bits per heavy atom. The van der Waals surface area contributed by atoms with Crippen LogP contribution in [0.4, 0.5) is 15.9 Å². The van der Waals surface area contributed by atoms with Gasteiger partial charge in [0.05, 0.1) is 0 Å². The number of benzene rings is 1. The summed E-state index contributed by atoms with van der Waals surface area (Å²) in [6.07, 6.45) is 3.40. The zero-order valence-electron chi connectivity index (χ0n) is 15.8. The standard InChI is InChI=1S/C21H21FN6O/c22-17-3-5-18(6-4-17)27-10-12-28(13-11-27)20-8-7-19(25-26-20)21(29)24-15-16-2-1-9-23-14-16/h1-9,14H,10-13,15H2,(H,24,29). The first-order valence-corrected chi connectivity index (χ1v) is 9.45. The first kappa shape index (κ1) is 18.8. The molecule has 2 aromatic heterocycles. The topological polar surface area (TPSA) is 74.2 Å². The SMILES string of the molecule is O=C(NCc1cccnc1)c1ccc(N2CCN(c3ccc(F)cc3)CC2)nn1. The molecule has 7 nitrogen and oxygen atoms in total.